The van der Waals surface area contributed by atoms with E-state index >= 15 is 0 Å². The molecule has 1 unspecified atom stereocenters. The molecule has 1 rings (SSSR count). The Morgan fingerprint density at radius 3 is 2.92 bits per heavy atom. The van der Waals surface area contributed by atoms with Gasteiger partial charge in [0.1, 0.15) is 0 Å². The summed E-state index contributed by atoms with van der Waals surface area (Å²) in [4.78, 5) is 0. The van der Waals surface area contributed by atoms with Crippen molar-refractivity contribution in [3.05, 3.63) is 18.0 Å². The summed E-state index contributed by atoms with van der Waals surface area (Å²) in [6.07, 6.45) is 2.78. The Labute approximate surface area is 78.9 Å². The smallest absolute Gasteiger partial charge is 0.0551 e. The standard InChI is InChI=1S/C9H17N3O/c1-10-8(5-7-13-3)9-4-6-11-12(9)2/h4,6,8,10H,5,7H2,1-3H3. The number of nitrogens with one attached hydrogen (secondary N) is 1. The van der Waals surface area contributed by atoms with Gasteiger partial charge in [-0.3, -0.25) is 4.68 Å². The van der Waals surface area contributed by atoms with Gasteiger partial charge in [-0.2, -0.15) is 5.10 Å². The average molecular weight is 183 g/mol. The lowest BCUT2D eigenvalue weighted by molar-refractivity contribution is 0.183. The minimum absolute atomic E-state index is 0.326. The predicted octanol–water partition coefficient (Wildman–Crippen LogP) is 0.717. The molecule has 74 valence electrons. The third kappa shape index (κ3) is 2.54. The van der Waals surface area contributed by atoms with Crippen molar-refractivity contribution in [2.45, 2.75) is 12.5 Å². The van der Waals surface area contributed by atoms with Crippen molar-refractivity contribution in [3.63, 3.8) is 0 Å². The minimum atomic E-state index is 0.326. The number of ether oxygens (including phenoxy) is 1. The van der Waals surface area contributed by atoms with Gasteiger partial charge < -0.3 is 10.1 Å². The number of rotatable bonds is 5. The van der Waals surface area contributed by atoms with Crippen molar-refractivity contribution in [2.75, 3.05) is 20.8 Å². The number of aromatic nitrogens is 2. The Morgan fingerprint density at radius 1 is 1.69 bits per heavy atom. The largest absolute Gasteiger partial charge is 0.385 e. The van der Waals surface area contributed by atoms with Gasteiger partial charge in [0.05, 0.1) is 11.7 Å². The van der Waals surface area contributed by atoms with E-state index < -0.39 is 0 Å². The molecule has 0 saturated carbocycles. The summed E-state index contributed by atoms with van der Waals surface area (Å²) in [6, 6.07) is 2.35. The molecule has 1 heterocycles. The molecule has 1 aromatic heterocycles. The van der Waals surface area contributed by atoms with Crippen molar-refractivity contribution in [3.8, 4) is 0 Å². The summed E-state index contributed by atoms with van der Waals surface area (Å²) >= 11 is 0. The molecule has 0 spiro atoms. The second-order valence-corrected chi connectivity index (χ2v) is 3.00. The average Bonchev–Trinajstić information content (AvgIpc) is 2.54. The van der Waals surface area contributed by atoms with E-state index in [0.29, 0.717) is 6.04 Å². The van der Waals surface area contributed by atoms with Crippen LogP contribution in [0, 0.1) is 0 Å². The van der Waals surface area contributed by atoms with Gasteiger partial charge in [0, 0.05) is 27.0 Å². The molecule has 0 aliphatic rings. The summed E-state index contributed by atoms with van der Waals surface area (Å²) in [5, 5.41) is 7.37. The number of nitrogens with zero attached hydrogens (tertiary/aromatic N) is 2. The summed E-state index contributed by atoms with van der Waals surface area (Å²) in [5.74, 6) is 0. The topological polar surface area (TPSA) is 39.1 Å². The fourth-order valence-electron chi connectivity index (χ4n) is 1.40. The summed E-state index contributed by atoms with van der Waals surface area (Å²) in [6.45, 7) is 0.761. The van der Waals surface area contributed by atoms with Crippen LogP contribution in [0.2, 0.25) is 0 Å². The van der Waals surface area contributed by atoms with E-state index in [1.165, 1.54) is 5.69 Å². The Morgan fingerprint density at radius 2 is 2.46 bits per heavy atom. The van der Waals surface area contributed by atoms with Gasteiger partial charge in [-0.05, 0) is 19.5 Å². The van der Waals surface area contributed by atoms with Crippen LogP contribution in [0.25, 0.3) is 0 Å². The van der Waals surface area contributed by atoms with Gasteiger partial charge in [-0.15, -0.1) is 0 Å². The van der Waals surface area contributed by atoms with Gasteiger partial charge in [0.2, 0.25) is 0 Å². The maximum absolute atomic E-state index is 5.04. The van der Waals surface area contributed by atoms with Gasteiger partial charge in [-0.25, -0.2) is 0 Å². The highest BCUT2D eigenvalue weighted by atomic mass is 16.5. The normalized spacial score (nSPS) is 13.2. The zero-order valence-corrected chi connectivity index (χ0v) is 8.45. The number of hydrogen-bond acceptors (Lipinski definition) is 3. The molecule has 13 heavy (non-hydrogen) atoms. The highest BCUT2D eigenvalue weighted by Gasteiger charge is 2.11. The van der Waals surface area contributed by atoms with Crippen LogP contribution in [0.15, 0.2) is 12.3 Å². The Kier molecular flexibility index (Phi) is 3.92. The Bertz CT molecular complexity index is 247. The maximum Gasteiger partial charge on any atom is 0.0551 e. The fraction of sp³-hybridized carbons (Fsp3) is 0.667. The van der Waals surface area contributed by atoms with Crippen LogP contribution >= 0.6 is 0 Å². The maximum atomic E-state index is 5.04. The lowest BCUT2D eigenvalue weighted by Gasteiger charge is -2.15. The van der Waals surface area contributed by atoms with Crippen molar-refractivity contribution >= 4 is 0 Å². The zero-order chi connectivity index (χ0) is 9.68. The van der Waals surface area contributed by atoms with Crippen LogP contribution in [0.1, 0.15) is 18.2 Å². The summed E-state index contributed by atoms with van der Waals surface area (Å²) < 4.78 is 6.93. The van der Waals surface area contributed by atoms with Gasteiger partial charge in [0.15, 0.2) is 0 Å². The van der Waals surface area contributed by atoms with Crippen LogP contribution in [0.4, 0.5) is 0 Å². The second-order valence-electron chi connectivity index (χ2n) is 3.00. The van der Waals surface area contributed by atoms with Gasteiger partial charge in [0.25, 0.3) is 0 Å². The molecule has 0 amide bonds. The molecular weight excluding hydrogens is 166 g/mol. The quantitative estimate of drug-likeness (QED) is 0.731. The molecule has 0 saturated heterocycles. The van der Waals surface area contributed by atoms with Crippen LogP contribution in [-0.4, -0.2) is 30.5 Å². The Hall–Kier alpha value is -0.870. The highest BCUT2D eigenvalue weighted by molar-refractivity contribution is 5.06. The molecule has 0 bridgehead atoms. The van der Waals surface area contributed by atoms with E-state index in [9.17, 15) is 0 Å². The zero-order valence-electron chi connectivity index (χ0n) is 8.45. The molecule has 0 aliphatic carbocycles. The third-order valence-corrected chi connectivity index (χ3v) is 2.17. The molecular formula is C9H17N3O. The lowest BCUT2D eigenvalue weighted by atomic mass is 10.1. The summed E-state index contributed by atoms with van der Waals surface area (Å²) in [5.41, 5.74) is 1.19. The number of methoxy groups -OCH3 is 1. The van der Waals surface area contributed by atoms with E-state index in [4.69, 9.17) is 4.74 Å². The molecule has 1 atom stereocenters. The molecule has 0 aromatic carbocycles. The van der Waals surface area contributed by atoms with E-state index in [1.54, 1.807) is 7.11 Å². The molecule has 4 nitrogen and oxygen atoms in total. The first-order valence-corrected chi connectivity index (χ1v) is 4.43. The first-order valence-electron chi connectivity index (χ1n) is 4.43. The van der Waals surface area contributed by atoms with E-state index in [0.717, 1.165) is 13.0 Å². The number of aryl methyl sites for hydroxylation is 1. The molecule has 0 radical (unpaired) electrons. The van der Waals surface area contributed by atoms with Crippen LogP contribution in [0.5, 0.6) is 0 Å². The van der Waals surface area contributed by atoms with Crippen molar-refractivity contribution in [2.24, 2.45) is 7.05 Å². The van der Waals surface area contributed by atoms with Gasteiger partial charge in [-0.1, -0.05) is 0 Å². The molecule has 0 aliphatic heterocycles. The minimum Gasteiger partial charge on any atom is -0.385 e. The SMILES string of the molecule is CNC(CCOC)c1ccnn1C. The van der Waals surface area contributed by atoms with Gasteiger partial charge >= 0.3 is 0 Å². The second kappa shape index (κ2) is 4.99. The molecule has 1 N–H and O–H groups in total. The molecule has 4 heteroatoms. The van der Waals surface area contributed by atoms with Crippen molar-refractivity contribution in [1.29, 1.82) is 0 Å². The van der Waals surface area contributed by atoms with Crippen molar-refractivity contribution < 1.29 is 4.74 Å². The molecule has 0 fully saturated rings. The Balaban J connectivity index is 2.61. The first-order chi connectivity index (χ1) is 6.29. The monoisotopic (exact) mass is 183 g/mol. The summed E-state index contributed by atoms with van der Waals surface area (Å²) in [7, 11) is 5.62. The van der Waals surface area contributed by atoms with E-state index in [2.05, 4.69) is 10.4 Å². The van der Waals surface area contributed by atoms with E-state index in [-0.39, 0.29) is 0 Å². The third-order valence-electron chi connectivity index (χ3n) is 2.17. The fourth-order valence-corrected chi connectivity index (χ4v) is 1.40. The van der Waals surface area contributed by atoms with Crippen molar-refractivity contribution in [1.82, 2.24) is 15.1 Å². The van der Waals surface area contributed by atoms with E-state index in [1.807, 2.05) is 31.0 Å². The lowest BCUT2D eigenvalue weighted by Crippen LogP contribution is -2.20. The van der Waals surface area contributed by atoms with Crippen LogP contribution < -0.4 is 5.32 Å². The van der Waals surface area contributed by atoms with Crippen LogP contribution in [-0.2, 0) is 11.8 Å². The molecule has 1 aromatic rings. The predicted molar refractivity (Wildman–Crippen MR) is 51.5 cm³/mol. The first kappa shape index (κ1) is 10.2. The number of hydrogen-bond donors (Lipinski definition) is 1. The highest BCUT2D eigenvalue weighted by Crippen LogP contribution is 2.14. The van der Waals surface area contributed by atoms with Crippen LogP contribution in [0.3, 0.4) is 0 Å².